The summed E-state index contributed by atoms with van der Waals surface area (Å²) in [4.78, 5) is 24.6. The largest absolute Gasteiger partial charge is 0.368 e. The van der Waals surface area contributed by atoms with E-state index in [-0.39, 0.29) is 0 Å². The highest BCUT2D eigenvalue weighted by Crippen LogP contribution is 2.41. The number of carbonyl (C=O) groups is 1. The maximum Gasteiger partial charge on any atom is 0.222 e. The van der Waals surface area contributed by atoms with E-state index in [2.05, 4.69) is 4.98 Å². The topological polar surface area (TPSA) is 81.3 Å². The number of piperidine rings is 1. The van der Waals surface area contributed by atoms with E-state index in [0.717, 1.165) is 75.1 Å². The standard InChI is InChI=1S/C25H32N4O2/c26-21-8-6-18(7-9-21)16-22(30)29-13-11-25(12-14-29)23-20(10-15-31-25)17-27-24(28-23)19-4-2-1-3-5-19/h1-5,17-18,21H,6-16,26H2. The van der Waals surface area contributed by atoms with Crippen molar-refractivity contribution < 1.29 is 9.53 Å². The van der Waals surface area contributed by atoms with Gasteiger partial charge in [0.15, 0.2) is 5.82 Å². The smallest absolute Gasteiger partial charge is 0.222 e. The maximum absolute atomic E-state index is 12.9. The summed E-state index contributed by atoms with van der Waals surface area (Å²) in [6.07, 6.45) is 9.35. The third-order valence-corrected chi connectivity index (χ3v) is 7.36. The summed E-state index contributed by atoms with van der Waals surface area (Å²) < 4.78 is 6.37. The van der Waals surface area contributed by atoms with Gasteiger partial charge >= 0.3 is 0 Å². The number of rotatable bonds is 3. The SMILES string of the molecule is NC1CCC(CC(=O)N2CCC3(CC2)OCCc2cnc(-c4ccccc4)nc23)CC1. The van der Waals surface area contributed by atoms with Gasteiger partial charge in [-0.15, -0.1) is 0 Å². The average molecular weight is 421 g/mol. The van der Waals surface area contributed by atoms with Gasteiger partial charge in [0.25, 0.3) is 0 Å². The van der Waals surface area contributed by atoms with Gasteiger partial charge in [-0.1, -0.05) is 30.3 Å². The van der Waals surface area contributed by atoms with Crippen molar-refractivity contribution in [2.75, 3.05) is 19.7 Å². The predicted octanol–water partition coefficient (Wildman–Crippen LogP) is 3.44. The molecular formula is C25H32N4O2. The molecule has 1 saturated carbocycles. The number of likely N-dealkylation sites (tertiary alicyclic amines) is 1. The molecule has 1 aliphatic carbocycles. The van der Waals surface area contributed by atoms with Crippen molar-refractivity contribution in [3.05, 3.63) is 47.8 Å². The molecule has 164 valence electrons. The third kappa shape index (κ3) is 4.23. The van der Waals surface area contributed by atoms with Crippen LogP contribution in [0, 0.1) is 5.92 Å². The Balaban J connectivity index is 1.29. The van der Waals surface area contributed by atoms with E-state index in [1.165, 1.54) is 5.56 Å². The highest BCUT2D eigenvalue weighted by Gasteiger charge is 2.43. The molecule has 0 bridgehead atoms. The van der Waals surface area contributed by atoms with Gasteiger partial charge in [-0.3, -0.25) is 4.79 Å². The molecule has 1 aromatic heterocycles. The Hall–Kier alpha value is -2.31. The minimum absolute atomic E-state index is 0.291. The van der Waals surface area contributed by atoms with Crippen molar-refractivity contribution in [3.63, 3.8) is 0 Å². The van der Waals surface area contributed by atoms with Crippen LogP contribution in [0.3, 0.4) is 0 Å². The molecule has 1 aromatic carbocycles. The van der Waals surface area contributed by atoms with Gasteiger partial charge in [0.2, 0.25) is 5.91 Å². The lowest BCUT2D eigenvalue weighted by atomic mass is 9.82. The number of carbonyl (C=O) groups excluding carboxylic acids is 1. The summed E-state index contributed by atoms with van der Waals surface area (Å²) in [5.41, 5.74) is 8.85. The van der Waals surface area contributed by atoms with E-state index in [0.29, 0.717) is 30.9 Å². The lowest BCUT2D eigenvalue weighted by Gasteiger charge is -2.44. The third-order valence-electron chi connectivity index (χ3n) is 7.36. The van der Waals surface area contributed by atoms with Crippen molar-refractivity contribution in [2.24, 2.45) is 11.7 Å². The van der Waals surface area contributed by atoms with Crippen molar-refractivity contribution in [1.82, 2.24) is 14.9 Å². The van der Waals surface area contributed by atoms with Gasteiger partial charge in [0.05, 0.1) is 12.3 Å². The fourth-order valence-electron chi connectivity index (χ4n) is 5.40. The number of hydrogen-bond acceptors (Lipinski definition) is 5. The Kier molecular flexibility index (Phi) is 5.76. The maximum atomic E-state index is 12.9. The van der Waals surface area contributed by atoms with Crippen LogP contribution >= 0.6 is 0 Å². The molecule has 0 atom stereocenters. The van der Waals surface area contributed by atoms with Crippen LogP contribution in [-0.4, -0.2) is 46.5 Å². The summed E-state index contributed by atoms with van der Waals surface area (Å²) in [5.74, 6) is 1.54. The molecule has 0 radical (unpaired) electrons. The van der Waals surface area contributed by atoms with Gasteiger partial charge in [0, 0.05) is 37.3 Å². The molecule has 2 aromatic rings. The molecule has 0 unspecified atom stereocenters. The van der Waals surface area contributed by atoms with Crippen LogP contribution in [0.15, 0.2) is 36.5 Å². The number of aromatic nitrogens is 2. The monoisotopic (exact) mass is 420 g/mol. The number of fused-ring (bicyclic) bond motifs is 2. The fourth-order valence-corrected chi connectivity index (χ4v) is 5.40. The zero-order chi connectivity index (χ0) is 21.3. The minimum Gasteiger partial charge on any atom is -0.368 e. The van der Waals surface area contributed by atoms with Crippen LogP contribution in [-0.2, 0) is 21.6 Å². The summed E-state index contributed by atoms with van der Waals surface area (Å²) in [6.45, 7) is 2.15. The van der Waals surface area contributed by atoms with E-state index in [1.54, 1.807) is 0 Å². The zero-order valence-corrected chi connectivity index (χ0v) is 18.1. The Labute approximate surface area is 184 Å². The molecule has 3 aliphatic rings. The van der Waals surface area contributed by atoms with E-state index in [4.69, 9.17) is 15.5 Å². The van der Waals surface area contributed by atoms with E-state index in [9.17, 15) is 4.79 Å². The van der Waals surface area contributed by atoms with Crippen LogP contribution in [0.25, 0.3) is 11.4 Å². The van der Waals surface area contributed by atoms with Crippen LogP contribution < -0.4 is 5.73 Å². The molecule has 1 spiro atoms. The molecule has 3 heterocycles. The Bertz CT molecular complexity index is 916. The second kappa shape index (κ2) is 8.67. The predicted molar refractivity (Wildman–Crippen MR) is 119 cm³/mol. The van der Waals surface area contributed by atoms with Crippen molar-refractivity contribution in [1.29, 1.82) is 0 Å². The van der Waals surface area contributed by atoms with Crippen LogP contribution in [0.4, 0.5) is 0 Å². The molecule has 1 amide bonds. The highest BCUT2D eigenvalue weighted by atomic mass is 16.5. The van der Waals surface area contributed by atoms with Crippen molar-refractivity contribution in [3.8, 4) is 11.4 Å². The number of amides is 1. The van der Waals surface area contributed by atoms with Gasteiger partial charge in [0.1, 0.15) is 5.60 Å². The van der Waals surface area contributed by atoms with E-state index >= 15 is 0 Å². The summed E-state index contributed by atoms with van der Waals surface area (Å²) in [5, 5.41) is 0. The quantitative estimate of drug-likeness (QED) is 0.823. The summed E-state index contributed by atoms with van der Waals surface area (Å²) >= 11 is 0. The number of nitrogens with two attached hydrogens (primary N) is 1. The van der Waals surface area contributed by atoms with Crippen LogP contribution in [0.5, 0.6) is 0 Å². The van der Waals surface area contributed by atoms with Crippen molar-refractivity contribution >= 4 is 5.91 Å². The molecule has 6 heteroatoms. The minimum atomic E-state index is -0.394. The first-order valence-electron chi connectivity index (χ1n) is 11.7. The Morgan fingerprint density at radius 2 is 1.87 bits per heavy atom. The van der Waals surface area contributed by atoms with Gasteiger partial charge in [-0.2, -0.15) is 0 Å². The first-order valence-corrected chi connectivity index (χ1v) is 11.7. The Morgan fingerprint density at radius 3 is 2.61 bits per heavy atom. The molecule has 6 nitrogen and oxygen atoms in total. The zero-order valence-electron chi connectivity index (χ0n) is 18.1. The molecule has 5 rings (SSSR count). The molecular weight excluding hydrogens is 388 g/mol. The number of hydrogen-bond donors (Lipinski definition) is 1. The second-order valence-corrected chi connectivity index (χ2v) is 9.39. The van der Waals surface area contributed by atoms with Crippen molar-refractivity contribution in [2.45, 2.75) is 63.0 Å². The van der Waals surface area contributed by atoms with E-state index < -0.39 is 5.60 Å². The number of nitrogens with zero attached hydrogens (tertiary/aromatic N) is 3. The lowest BCUT2D eigenvalue weighted by molar-refractivity contribution is -0.142. The number of ether oxygens (including phenoxy) is 1. The van der Waals surface area contributed by atoms with E-state index in [1.807, 2.05) is 41.4 Å². The molecule has 1 saturated heterocycles. The molecule has 31 heavy (non-hydrogen) atoms. The summed E-state index contributed by atoms with van der Waals surface area (Å²) in [7, 11) is 0. The van der Waals surface area contributed by atoms with Gasteiger partial charge in [-0.05, 0) is 56.4 Å². The fraction of sp³-hybridized carbons (Fsp3) is 0.560. The van der Waals surface area contributed by atoms with Crippen LogP contribution in [0.1, 0.15) is 56.2 Å². The van der Waals surface area contributed by atoms with Crippen LogP contribution in [0.2, 0.25) is 0 Å². The second-order valence-electron chi connectivity index (χ2n) is 9.39. The number of benzene rings is 1. The molecule has 2 aliphatic heterocycles. The van der Waals surface area contributed by atoms with Gasteiger partial charge in [-0.25, -0.2) is 9.97 Å². The molecule has 2 fully saturated rings. The normalized spacial score (nSPS) is 25.3. The molecule has 2 N–H and O–H groups in total. The first-order chi connectivity index (χ1) is 15.1. The van der Waals surface area contributed by atoms with Gasteiger partial charge < -0.3 is 15.4 Å². The summed E-state index contributed by atoms with van der Waals surface area (Å²) in [6, 6.07) is 10.4. The Morgan fingerprint density at radius 1 is 1.13 bits per heavy atom. The average Bonchev–Trinajstić information content (AvgIpc) is 2.82. The first kappa shape index (κ1) is 20.6. The highest BCUT2D eigenvalue weighted by molar-refractivity contribution is 5.76. The lowest BCUT2D eigenvalue weighted by Crippen LogP contribution is -2.49.